The molecular formula is C21H17N3O4S. The van der Waals surface area contributed by atoms with Crippen molar-refractivity contribution in [2.45, 2.75) is 12.5 Å². The number of nitrogens with zero attached hydrogens (tertiary/aromatic N) is 1. The number of benzene rings is 2. The minimum Gasteiger partial charge on any atom is -0.496 e. The van der Waals surface area contributed by atoms with Crippen molar-refractivity contribution in [1.82, 2.24) is 15.5 Å². The van der Waals surface area contributed by atoms with Crippen molar-refractivity contribution in [3.05, 3.63) is 48.0 Å². The first-order chi connectivity index (χ1) is 14.1. The van der Waals surface area contributed by atoms with Crippen LogP contribution in [-0.2, 0) is 9.53 Å². The summed E-state index contributed by atoms with van der Waals surface area (Å²) in [6.45, 7) is 0.317. The molecule has 146 valence electrons. The predicted octanol–water partition coefficient (Wildman–Crippen LogP) is 3.50. The molecule has 0 saturated carbocycles. The summed E-state index contributed by atoms with van der Waals surface area (Å²) in [5.41, 5.74) is 1.90. The molecule has 29 heavy (non-hydrogen) atoms. The van der Waals surface area contributed by atoms with E-state index in [9.17, 15) is 9.59 Å². The molecule has 2 aromatic heterocycles. The van der Waals surface area contributed by atoms with E-state index in [0.717, 1.165) is 26.9 Å². The van der Waals surface area contributed by atoms with Gasteiger partial charge in [0.15, 0.2) is 0 Å². The zero-order valence-electron chi connectivity index (χ0n) is 15.5. The van der Waals surface area contributed by atoms with Gasteiger partial charge in [-0.15, -0.1) is 11.3 Å². The lowest BCUT2D eigenvalue weighted by Gasteiger charge is -2.12. The number of esters is 1. The predicted molar refractivity (Wildman–Crippen MR) is 110 cm³/mol. The van der Waals surface area contributed by atoms with Crippen LogP contribution in [0.4, 0.5) is 0 Å². The highest BCUT2D eigenvalue weighted by molar-refractivity contribution is 7.22. The van der Waals surface area contributed by atoms with Crippen LogP contribution >= 0.6 is 11.3 Å². The number of aromatic nitrogens is 2. The van der Waals surface area contributed by atoms with Gasteiger partial charge in [0.2, 0.25) is 0 Å². The van der Waals surface area contributed by atoms with Crippen LogP contribution in [0.2, 0.25) is 0 Å². The summed E-state index contributed by atoms with van der Waals surface area (Å²) in [5, 5.41) is 12.2. The van der Waals surface area contributed by atoms with Crippen molar-refractivity contribution >= 4 is 44.2 Å². The van der Waals surface area contributed by atoms with Gasteiger partial charge in [-0.3, -0.25) is 9.89 Å². The Hall–Kier alpha value is -3.39. The third kappa shape index (κ3) is 3.01. The lowest BCUT2D eigenvalue weighted by atomic mass is 10.1. The Balaban J connectivity index is 1.58. The lowest BCUT2D eigenvalue weighted by molar-refractivity contribution is -0.139. The van der Waals surface area contributed by atoms with Crippen LogP contribution < -0.4 is 10.1 Å². The third-order valence-corrected chi connectivity index (χ3v) is 6.15. The summed E-state index contributed by atoms with van der Waals surface area (Å²) in [6, 6.07) is 13.1. The second-order valence-corrected chi connectivity index (χ2v) is 7.88. The molecule has 4 aromatic rings. The van der Waals surface area contributed by atoms with Crippen molar-refractivity contribution in [3.63, 3.8) is 0 Å². The van der Waals surface area contributed by atoms with Gasteiger partial charge in [0.25, 0.3) is 5.91 Å². The van der Waals surface area contributed by atoms with Gasteiger partial charge in [0.1, 0.15) is 17.5 Å². The number of fused-ring (bicyclic) bond motifs is 2. The number of thiophene rings is 1. The van der Waals surface area contributed by atoms with Gasteiger partial charge in [-0.1, -0.05) is 18.2 Å². The van der Waals surface area contributed by atoms with E-state index in [2.05, 4.69) is 33.7 Å². The molecule has 1 atom stereocenters. The summed E-state index contributed by atoms with van der Waals surface area (Å²) in [4.78, 5) is 25.6. The van der Waals surface area contributed by atoms with Gasteiger partial charge in [-0.05, 0) is 23.6 Å². The van der Waals surface area contributed by atoms with Gasteiger partial charge in [0, 0.05) is 22.6 Å². The van der Waals surface area contributed by atoms with Crippen LogP contribution in [0.1, 0.15) is 16.8 Å². The summed E-state index contributed by atoms with van der Waals surface area (Å²) in [5.74, 6) is -0.378. The quantitative estimate of drug-likeness (QED) is 0.505. The molecule has 1 aliphatic heterocycles. The summed E-state index contributed by atoms with van der Waals surface area (Å²) < 4.78 is 11.5. The van der Waals surface area contributed by atoms with E-state index in [0.29, 0.717) is 24.3 Å². The zero-order chi connectivity index (χ0) is 20.0. The van der Waals surface area contributed by atoms with Gasteiger partial charge in [0.05, 0.1) is 29.7 Å². The van der Waals surface area contributed by atoms with E-state index in [1.165, 1.54) is 11.8 Å². The molecule has 8 heteroatoms. The number of nitrogens with one attached hydrogen (secondary N) is 2. The van der Waals surface area contributed by atoms with Crippen LogP contribution in [0.15, 0.2) is 42.5 Å². The van der Waals surface area contributed by atoms with Crippen molar-refractivity contribution in [2.75, 3.05) is 13.7 Å². The largest absolute Gasteiger partial charge is 0.496 e. The molecule has 1 aliphatic rings. The highest BCUT2D eigenvalue weighted by atomic mass is 32.1. The monoisotopic (exact) mass is 407 g/mol. The SMILES string of the molecule is COc1cc2[nH]nc(-c3cc4ccccc4s3)c2cc1C(=O)N[C@@H]1CCOC1=O. The van der Waals surface area contributed by atoms with Gasteiger partial charge < -0.3 is 14.8 Å². The Kier molecular flexibility index (Phi) is 4.21. The molecule has 1 amide bonds. The Morgan fingerprint density at radius 3 is 2.93 bits per heavy atom. The summed E-state index contributed by atoms with van der Waals surface area (Å²) >= 11 is 1.65. The number of methoxy groups -OCH3 is 1. The molecule has 1 saturated heterocycles. The average Bonchev–Trinajstić information content (AvgIpc) is 3.44. The number of ether oxygens (including phenoxy) is 2. The molecule has 2 N–H and O–H groups in total. The van der Waals surface area contributed by atoms with E-state index >= 15 is 0 Å². The molecule has 7 nitrogen and oxygen atoms in total. The van der Waals surface area contributed by atoms with Crippen molar-refractivity contribution in [1.29, 1.82) is 0 Å². The fraction of sp³-hybridized carbons (Fsp3) is 0.190. The first kappa shape index (κ1) is 17.7. The van der Waals surface area contributed by atoms with Crippen LogP contribution in [0.25, 0.3) is 31.6 Å². The van der Waals surface area contributed by atoms with E-state index < -0.39 is 12.0 Å². The number of carbonyl (C=O) groups excluding carboxylic acids is 2. The number of cyclic esters (lactones) is 1. The topological polar surface area (TPSA) is 93.3 Å². The van der Waals surface area contributed by atoms with Crippen molar-refractivity contribution in [2.24, 2.45) is 0 Å². The minimum absolute atomic E-state index is 0.317. The number of H-pyrrole nitrogens is 1. The maximum absolute atomic E-state index is 12.9. The van der Waals surface area contributed by atoms with Crippen LogP contribution in [0.3, 0.4) is 0 Å². The van der Waals surface area contributed by atoms with E-state index in [1.54, 1.807) is 23.5 Å². The smallest absolute Gasteiger partial charge is 0.328 e. The number of hydrogen-bond donors (Lipinski definition) is 2. The van der Waals surface area contributed by atoms with Crippen LogP contribution in [0, 0.1) is 0 Å². The molecule has 2 aromatic carbocycles. The molecule has 0 spiro atoms. The molecule has 1 fully saturated rings. The Bertz CT molecular complexity index is 1230. The molecule has 0 unspecified atom stereocenters. The number of amides is 1. The molecule has 5 rings (SSSR count). The molecule has 0 bridgehead atoms. The fourth-order valence-corrected chi connectivity index (χ4v) is 4.61. The normalized spacial score (nSPS) is 16.3. The first-order valence-corrected chi connectivity index (χ1v) is 9.98. The zero-order valence-corrected chi connectivity index (χ0v) is 16.3. The first-order valence-electron chi connectivity index (χ1n) is 9.16. The van der Waals surface area contributed by atoms with E-state index in [1.807, 2.05) is 12.1 Å². The number of hydrogen-bond acceptors (Lipinski definition) is 6. The fourth-order valence-electron chi connectivity index (χ4n) is 3.54. The van der Waals surface area contributed by atoms with Gasteiger partial charge in [-0.25, -0.2) is 4.79 Å². The molecule has 3 heterocycles. The van der Waals surface area contributed by atoms with Gasteiger partial charge >= 0.3 is 5.97 Å². The highest BCUT2D eigenvalue weighted by Crippen LogP contribution is 2.37. The average molecular weight is 407 g/mol. The van der Waals surface area contributed by atoms with Gasteiger partial charge in [-0.2, -0.15) is 5.10 Å². The summed E-state index contributed by atoms with van der Waals surface area (Å²) in [7, 11) is 1.51. The third-order valence-electron chi connectivity index (χ3n) is 5.03. The van der Waals surface area contributed by atoms with E-state index in [4.69, 9.17) is 9.47 Å². The Morgan fingerprint density at radius 1 is 1.31 bits per heavy atom. The second-order valence-electron chi connectivity index (χ2n) is 6.80. The summed E-state index contributed by atoms with van der Waals surface area (Å²) in [6.07, 6.45) is 0.466. The Morgan fingerprint density at radius 2 is 2.17 bits per heavy atom. The standard InChI is InChI=1S/C21H17N3O4S/c1-27-16-10-15-12(9-13(16)20(25)22-14-6-7-28-21(14)26)19(24-23-15)18-8-11-4-2-3-5-17(11)29-18/h2-5,8-10,14H,6-7H2,1H3,(H,22,25)(H,23,24)/t14-/m1/s1. The molecule has 0 aliphatic carbocycles. The molecular weight excluding hydrogens is 390 g/mol. The maximum atomic E-state index is 12.9. The minimum atomic E-state index is -0.630. The maximum Gasteiger partial charge on any atom is 0.328 e. The second kappa shape index (κ2) is 6.89. The van der Waals surface area contributed by atoms with Crippen LogP contribution in [0.5, 0.6) is 5.75 Å². The number of rotatable bonds is 4. The van der Waals surface area contributed by atoms with Crippen LogP contribution in [-0.4, -0.2) is 41.8 Å². The Labute approximate surface area is 169 Å². The number of aromatic amines is 1. The van der Waals surface area contributed by atoms with Crippen molar-refractivity contribution in [3.8, 4) is 16.3 Å². The highest BCUT2D eigenvalue weighted by Gasteiger charge is 2.29. The lowest BCUT2D eigenvalue weighted by Crippen LogP contribution is -2.38. The number of carbonyl (C=O) groups is 2. The molecule has 0 radical (unpaired) electrons. The van der Waals surface area contributed by atoms with E-state index in [-0.39, 0.29) is 5.91 Å². The van der Waals surface area contributed by atoms with Crippen molar-refractivity contribution < 1.29 is 19.1 Å².